The topological polar surface area (TPSA) is 61.4 Å². The number of carbonyl (C=O) groups is 2. The molecular weight excluding hydrogens is 402 g/mol. The fraction of sp³-hybridized carbons (Fsp3) is 0.333. The SMILES string of the molecule is CCN(CC(=O)NCCc1ccc(F)cc1)CC(=O)Nc1ccccc1C(F)(F)F. The normalized spacial score (nSPS) is 11.4. The van der Waals surface area contributed by atoms with E-state index in [4.69, 9.17) is 0 Å². The summed E-state index contributed by atoms with van der Waals surface area (Å²) < 4.78 is 52.0. The highest BCUT2D eigenvalue weighted by Gasteiger charge is 2.33. The number of rotatable bonds is 9. The van der Waals surface area contributed by atoms with Crippen LogP contribution in [0.3, 0.4) is 0 Å². The Kier molecular flexibility index (Phi) is 8.35. The lowest BCUT2D eigenvalue weighted by atomic mass is 10.1. The van der Waals surface area contributed by atoms with Crippen LogP contribution in [0, 0.1) is 5.82 Å². The molecule has 0 atom stereocenters. The number of nitrogens with zero attached hydrogens (tertiary/aromatic N) is 1. The molecule has 0 heterocycles. The Morgan fingerprint density at radius 1 is 0.967 bits per heavy atom. The Hall–Kier alpha value is -2.94. The molecule has 0 unspecified atom stereocenters. The lowest BCUT2D eigenvalue weighted by Crippen LogP contribution is -2.41. The summed E-state index contributed by atoms with van der Waals surface area (Å²) in [6.45, 7) is 2.14. The summed E-state index contributed by atoms with van der Waals surface area (Å²) in [5.74, 6) is -1.30. The van der Waals surface area contributed by atoms with Crippen LogP contribution in [0.1, 0.15) is 18.1 Å². The first kappa shape index (κ1) is 23.3. The lowest BCUT2D eigenvalue weighted by molar-refractivity contribution is -0.137. The van der Waals surface area contributed by atoms with Crippen LogP contribution in [0.15, 0.2) is 48.5 Å². The second kappa shape index (κ2) is 10.7. The summed E-state index contributed by atoms with van der Waals surface area (Å²) in [5, 5.41) is 4.97. The summed E-state index contributed by atoms with van der Waals surface area (Å²) >= 11 is 0. The average Bonchev–Trinajstić information content (AvgIpc) is 2.68. The third-order valence-corrected chi connectivity index (χ3v) is 4.34. The number of hydrogen-bond donors (Lipinski definition) is 2. The number of nitrogens with one attached hydrogen (secondary N) is 2. The van der Waals surface area contributed by atoms with Gasteiger partial charge in [-0.3, -0.25) is 14.5 Å². The number of halogens is 4. The fourth-order valence-corrected chi connectivity index (χ4v) is 2.77. The molecule has 30 heavy (non-hydrogen) atoms. The minimum Gasteiger partial charge on any atom is -0.355 e. The molecule has 0 aliphatic rings. The van der Waals surface area contributed by atoms with E-state index in [9.17, 15) is 27.2 Å². The third kappa shape index (κ3) is 7.47. The molecule has 0 aliphatic heterocycles. The number of para-hydroxylation sites is 1. The van der Waals surface area contributed by atoms with E-state index in [1.54, 1.807) is 19.1 Å². The van der Waals surface area contributed by atoms with E-state index in [2.05, 4.69) is 10.6 Å². The standard InChI is InChI=1S/C21H23F4N3O2/c1-2-28(13-19(29)26-12-11-15-7-9-16(22)10-8-15)14-20(30)27-18-6-4-3-5-17(18)21(23,24)25/h3-10H,2,11-14H2,1H3,(H,26,29)(H,27,30). The molecule has 0 aliphatic carbocycles. The van der Waals surface area contributed by atoms with Crippen molar-refractivity contribution in [3.8, 4) is 0 Å². The summed E-state index contributed by atoms with van der Waals surface area (Å²) in [4.78, 5) is 25.8. The molecule has 9 heteroatoms. The molecule has 0 saturated carbocycles. The van der Waals surface area contributed by atoms with E-state index in [1.165, 1.54) is 35.2 Å². The van der Waals surface area contributed by atoms with Gasteiger partial charge in [-0.1, -0.05) is 31.2 Å². The van der Waals surface area contributed by atoms with E-state index in [1.807, 2.05) is 0 Å². The van der Waals surface area contributed by atoms with Crippen LogP contribution in [0.2, 0.25) is 0 Å². The van der Waals surface area contributed by atoms with Crippen molar-refractivity contribution in [2.75, 3.05) is 31.5 Å². The molecule has 162 valence electrons. The Morgan fingerprint density at radius 2 is 1.60 bits per heavy atom. The highest BCUT2D eigenvalue weighted by atomic mass is 19.4. The van der Waals surface area contributed by atoms with Gasteiger partial charge in [0.1, 0.15) is 5.82 Å². The van der Waals surface area contributed by atoms with Crippen LogP contribution in [0.25, 0.3) is 0 Å². The molecule has 2 amide bonds. The maximum Gasteiger partial charge on any atom is 0.418 e. The number of amides is 2. The third-order valence-electron chi connectivity index (χ3n) is 4.34. The van der Waals surface area contributed by atoms with Crippen molar-refractivity contribution in [3.63, 3.8) is 0 Å². The van der Waals surface area contributed by atoms with Crippen molar-refractivity contribution in [2.45, 2.75) is 19.5 Å². The molecule has 5 nitrogen and oxygen atoms in total. The summed E-state index contributed by atoms with van der Waals surface area (Å²) in [6.07, 6.45) is -4.06. The van der Waals surface area contributed by atoms with Gasteiger partial charge < -0.3 is 10.6 Å². The van der Waals surface area contributed by atoms with Gasteiger partial charge in [0.15, 0.2) is 0 Å². The van der Waals surface area contributed by atoms with Gasteiger partial charge in [-0.2, -0.15) is 13.2 Å². The quantitative estimate of drug-likeness (QED) is 0.605. The minimum absolute atomic E-state index is 0.0751. The highest BCUT2D eigenvalue weighted by Crippen LogP contribution is 2.34. The fourth-order valence-electron chi connectivity index (χ4n) is 2.77. The van der Waals surface area contributed by atoms with Crippen molar-refractivity contribution < 1.29 is 27.2 Å². The van der Waals surface area contributed by atoms with Gasteiger partial charge in [0.25, 0.3) is 0 Å². The highest BCUT2D eigenvalue weighted by molar-refractivity contribution is 5.93. The average molecular weight is 425 g/mol. The predicted octanol–water partition coefficient (Wildman–Crippen LogP) is 3.46. The molecule has 0 bridgehead atoms. The van der Waals surface area contributed by atoms with Crippen LogP contribution in [0.4, 0.5) is 23.2 Å². The van der Waals surface area contributed by atoms with Gasteiger partial charge >= 0.3 is 6.18 Å². The molecule has 0 aromatic heterocycles. The zero-order chi connectivity index (χ0) is 22.1. The Morgan fingerprint density at radius 3 is 2.23 bits per heavy atom. The first-order valence-electron chi connectivity index (χ1n) is 9.38. The van der Waals surface area contributed by atoms with E-state index in [0.717, 1.165) is 11.6 Å². The lowest BCUT2D eigenvalue weighted by Gasteiger charge is -2.20. The van der Waals surface area contributed by atoms with Gasteiger partial charge in [-0.15, -0.1) is 0 Å². The molecular formula is C21H23F4N3O2. The maximum atomic E-state index is 13.0. The van der Waals surface area contributed by atoms with Crippen LogP contribution in [0.5, 0.6) is 0 Å². The number of likely N-dealkylation sites (N-methyl/N-ethyl adjacent to an activating group) is 1. The summed E-state index contributed by atoms with van der Waals surface area (Å²) in [5.41, 5.74) is -0.388. The number of anilines is 1. The number of benzene rings is 2. The zero-order valence-electron chi connectivity index (χ0n) is 16.4. The Labute approximate surface area is 172 Å². The van der Waals surface area contributed by atoms with Crippen molar-refractivity contribution >= 4 is 17.5 Å². The number of hydrogen-bond acceptors (Lipinski definition) is 3. The first-order valence-corrected chi connectivity index (χ1v) is 9.38. The maximum absolute atomic E-state index is 13.0. The van der Waals surface area contributed by atoms with Gasteiger partial charge in [-0.05, 0) is 42.8 Å². The molecule has 0 spiro atoms. The zero-order valence-corrected chi connectivity index (χ0v) is 16.4. The smallest absolute Gasteiger partial charge is 0.355 e. The Balaban J connectivity index is 1.82. The van der Waals surface area contributed by atoms with Gasteiger partial charge in [0.2, 0.25) is 11.8 Å². The van der Waals surface area contributed by atoms with Crippen LogP contribution < -0.4 is 10.6 Å². The van der Waals surface area contributed by atoms with E-state index >= 15 is 0 Å². The van der Waals surface area contributed by atoms with Gasteiger partial charge in [0, 0.05) is 6.54 Å². The van der Waals surface area contributed by atoms with Crippen LogP contribution >= 0.6 is 0 Å². The first-order chi connectivity index (χ1) is 14.2. The molecule has 0 fully saturated rings. The molecule has 2 aromatic carbocycles. The molecule has 0 saturated heterocycles. The number of carbonyl (C=O) groups excluding carboxylic acids is 2. The summed E-state index contributed by atoms with van der Waals surface area (Å²) in [6, 6.07) is 10.6. The molecule has 0 radical (unpaired) electrons. The van der Waals surface area contributed by atoms with Crippen molar-refractivity contribution in [2.24, 2.45) is 0 Å². The molecule has 2 aromatic rings. The van der Waals surface area contributed by atoms with E-state index in [0.29, 0.717) is 19.5 Å². The van der Waals surface area contributed by atoms with Crippen molar-refractivity contribution in [3.05, 3.63) is 65.5 Å². The largest absolute Gasteiger partial charge is 0.418 e. The van der Waals surface area contributed by atoms with Crippen molar-refractivity contribution in [1.82, 2.24) is 10.2 Å². The summed E-state index contributed by atoms with van der Waals surface area (Å²) in [7, 11) is 0. The molecule has 2 rings (SSSR count). The second-order valence-electron chi connectivity index (χ2n) is 6.62. The Bertz CT molecular complexity index is 854. The van der Waals surface area contributed by atoms with Crippen LogP contribution in [-0.4, -0.2) is 42.9 Å². The second-order valence-corrected chi connectivity index (χ2v) is 6.62. The molecule has 2 N–H and O–H groups in total. The van der Waals surface area contributed by atoms with Gasteiger partial charge in [-0.25, -0.2) is 4.39 Å². The number of alkyl halides is 3. The minimum atomic E-state index is -4.58. The van der Waals surface area contributed by atoms with Gasteiger partial charge in [0.05, 0.1) is 24.3 Å². The monoisotopic (exact) mass is 425 g/mol. The predicted molar refractivity (Wildman–Crippen MR) is 105 cm³/mol. The van der Waals surface area contributed by atoms with E-state index < -0.39 is 17.6 Å². The van der Waals surface area contributed by atoms with Crippen molar-refractivity contribution in [1.29, 1.82) is 0 Å². The van der Waals surface area contributed by atoms with E-state index in [-0.39, 0.29) is 30.5 Å². The van der Waals surface area contributed by atoms with Crippen LogP contribution in [-0.2, 0) is 22.2 Å².